The van der Waals surface area contributed by atoms with Crippen LogP contribution in [0.15, 0.2) is 0 Å². The van der Waals surface area contributed by atoms with Gasteiger partial charge in [0, 0.05) is 6.04 Å². The number of carboxylic acids is 1. The maximum absolute atomic E-state index is 11.9. The topological polar surface area (TPSA) is 72.6 Å². The van der Waals surface area contributed by atoms with Gasteiger partial charge in [-0.3, -0.25) is 9.53 Å². The van der Waals surface area contributed by atoms with Gasteiger partial charge in [0.25, 0.3) is 0 Å². The lowest BCUT2D eigenvalue weighted by atomic mass is 9.82. The van der Waals surface area contributed by atoms with Crippen LogP contribution in [0.4, 0.5) is 13.2 Å². The van der Waals surface area contributed by atoms with E-state index in [0.717, 1.165) is 0 Å². The summed E-state index contributed by atoms with van der Waals surface area (Å²) >= 11 is 0. The number of aliphatic carboxylic acids is 1. The molecule has 0 aromatic carbocycles. The van der Waals surface area contributed by atoms with Gasteiger partial charge in [0.2, 0.25) is 0 Å². The minimum atomic E-state index is -4.60. The first-order chi connectivity index (χ1) is 7.78. The van der Waals surface area contributed by atoms with Crippen molar-refractivity contribution in [1.29, 1.82) is 0 Å². The zero-order chi connectivity index (χ0) is 13.1. The molecule has 3 N–H and O–H groups in total. The fourth-order valence-corrected chi connectivity index (χ4v) is 2.19. The number of carboxylic acid groups (broad SMARTS) is 1. The molecule has 17 heavy (non-hydrogen) atoms. The fourth-order valence-electron chi connectivity index (χ4n) is 2.19. The first kappa shape index (κ1) is 14.2. The predicted molar refractivity (Wildman–Crippen MR) is 53.1 cm³/mol. The molecule has 7 heteroatoms. The smallest absolute Gasteiger partial charge is 0.481 e. The van der Waals surface area contributed by atoms with Gasteiger partial charge in [-0.25, -0.2) is 0 Å². The van der Waals surface area contributed by atoms with Crippen molar-refractivity contribution in [2.45, 2.75) is 50.6 Å². The predicted octanol–water partition coefficient (Wildman–Crippen LogP) is 1.88. The normalized spacial score (nSPS) is 27.8. The molecule has 1 saturated carbocycles. The Bertz CT molecular complexity index is 262. The van der Waals surface area contributed by atoms with E-state index in [0.29, 0.717) is 12.8 Å². The van der Waals surface area contributed by atoms with Crippen LogP contribution in [0, 0.1) is 5.92 Å². The molecule has 0 heterocycles. The van der Waals surface area contributed by atoms with E-state index >= 15 is 0 Å². The monoisotopic (exact) mass is 255 g/mol. The molecular weight excluding hydrogens is 239 g/mol. The zero-order valence-corrected chi connectivity index (χ0v) is 9.24. The SMILES string of the molecule is NC(CC(=O)O)C1CCC(OC(F)(F)F)CC1. The second kappa shape index (κ2) is 5.68. The van der Waals surface area contributed by atoms with Crippen molar-refractivity contribution in [1.82, 2.24) is 0 Å². The standard InChI is InChI=1S/C10H16F3NO3/c11-10(12,13)17-7-3-1-6(2-4-7)8(14)5-9(15)16/h6-8H,1-5,14H2,(H,15,16). The molecule has 1 rings (SSSR count). The zero-order valence-electron chi connectivity index (χ0n) is 9.24. The van der Waals surface area contributed by atoms with E-state index in [-0.39, 0.29) is 25.2 Å². The van der Waals surface area contributed by atoms with E-state index in [4.69, 9.17) is 10.8 Å². The van der Waals surface area contributed by atoms with Gasteiger partial charge in [-0.1, -0.05) is 0 Å². The summed E-state index contributed by atoms with van der Waals surface area (Å²) in [6, 6.07) is -0.487. The van der Waals surface area contributed by atoms with Crippen LogP contribution >= 0.6 is 0 Å². The van der Waals surface area contributed by atoms with Crippen molar-refractivity contribution in [3.05, 3.63) is 0 Å². The molecule has 0 aromatic rings. The van der Waals surface area contributed by atoms with Crippen LogP contribution in [0.25, 0.3) is 0 Å². The lowest BCUT2D eigenvalue weighted by molar-refractivity contribution is -0.345. The molecule has 1 aliphatic rings. The van der Waals surface area contributed by atoms with Crippen molar-refractivity contribution < 1.29 is 27.8 Å². The molecule has 4 nitrogen and oxygen atoms in total. The summed E-state index contributed by atoms with van der Waals surface area (Å²) in [6.45, 7) is 0. The average molecular weight is 255 g/mol. The van der Waals surface area contributed by atoms with Crippen LogP contribution < -0.4 is 5.73 Å². The van der Waals surface area contributed by atoms with Crippen molar-refractivity contribution in [3.63, 3.8) is 0 Å². The van der Waals surface area contributed by atoms with Crippen LogP contribution in [-0.4, -0.2) is 29.6 Å². The third kappa shape index (κ3) is 5.36. The highest BCUT2D eigenvalue weighted by Crippen LogP contribution is 2.32. The van der Waals surface area contributed by atoms with Crippen LogP contribution in [0.1, 0.15) is 32.1 Å². The number of hydrogen-bond acceptors (Lipinski definition) is 3. The third-order valence-corrected chi connectivity index (χ3v) is 3.03. The summed E-state index contributed by atoms with van der Waals surface area (Å²) in [7, 11) is 0. The summed E-state index contributed by atoms with van der Waals surface area (Å²) < 4.78 is 39.8. The van der Waals surface area contributed by atoms with Gasteiger partial charge in [-0.15, -0.1) is 13.2 Å². The fraction of sp³-hybridized carbons (Fsp3) is 0.900. The van der Waals surface area contributed by atoms with Gasteiger partial charge in [-0.2, -0.15) is 0 Å². The minimum absolute atomic E-state index is 0.0285. The number of halogens is 3. The Hall–Kier alpha value is -0.820. The van der Waals surface area contributed by atoms with E-state index < -0.39 is 24.5 Å². The summed E-state index contributed by atoms with van der Waals surface area (Å²) in [4.78, 5) is 10.5. The number of nitrogens with two attached hydrogens (primary N) is 1. The highest BCUT2D eigenvalue weighted by atomic mass is 19.4. The Morgan fingerprint density at radius 2 is 1.88 bits per heavy atom. The number of carbonyl (C=O) groups is 1. The van der Waals surface area contributed by atoms with Crippen molar-refractivity contribution in [2.75, 3.05) is 0 Å². The lowest BCUT2D eigenvalue weighted by Gasteiger charge is -2.31. The maximum atomic E-state index is 11.9. The molecule has 0 radical (unpaired) electrons. The Labute approximate surface area is 96.9 Å². The first-order valence-electron chi connectivity index (χ1n) is 5.50. The number of rotatable bonds is 4. The van der Waals surface area contributed by atoms with Crippen molar-refractivity contribution in [2.24, 2.45) is 11.7 Å². The molecule has 0 spiro atoms. The second-order valence-electron chi connectivity index (χ2n) is 4.36. The van der Waals surface area contributed by atoms with Gasteiger partial charge in [0.1, 0.15) is 0 Å². The third-order valence-electron chi connectivity index (χ3n) is 3.03. The Morgan fingerprint density at radius 3 is 2.29 bits per heavy atom. The minimum Gasteiger partial charge on any atom is -0.481 e. The summed E-state index contributed by atoms with van der Waals surface area (Å²) in [6.07, 6.45) is -4.04. The van der Waals surface area contributed by atoms with Crippen molar-refractivity contribution in [3.8, 4) is 0 Å². The maximum Gasteiger partial charge on any atom is 0.522 e. The van der Waals surface area contributed by atoms with Crippen LogP contribution in [0.3, 0.4) is 0 Å². The van der Waals surface area contributed by atoms with E-state index in [1.807, 2.05) is 0 Å². The van der Waals surface area contributed by atoms with Crippen LogP contribution in [-0.2, 0) is 9.53 Å². The van der Waals surface area contributed by atoms with Gasteiger partial charge >= 0.3 is 12.3 Å². The molecule has 1 unspecified atom stereocenters. The van der Waals surface area contributed by atoms with Gasteiger partial charge < -0.3 is 10.8 Å². The molecule has 1 aliphatic carbocycles. The molecule has 0 aromatic heterocycles. The Morgan fingerprint density at radius 1 is 1.35 bits per heavy atom. The molecule has 0 saturated heterocycles. The van der Waals surface area contributed by atoms with Crippen LogP contribution in [0.2, 0.25) is 0 Å². The summed E-state index contributed by atoms with van der Waals surface area (Å²) in [5.41, 5.74) is 5.68. The van der Waals surface area contributed by atoms with Gasteiger partial charge in [-0.05, 0) is 31.6 Å². The second-order valence-corrected chi connectivity index (χ2v) is 4.36. The van der Waals surface area contributed by atoms with Gasteiger partial charge in [0.05, 0.1) is 12.5 Å². The molecule has 0 aliphatic heterocycles. The van der Waals surface area contributed by atoms with E-state index in [9.17, 15) is 18.0 Å². The molecule has 0 amide bonds. The molecular formula is C10H16F3NO3. The number of hydrogen-bond donors (Lipinski definition) is 2. The molecule has 0 bridgehead atoms. The number of ether oxygens (including phenoxy) is 1. The Kier molecular flexibility index (Phi) is 4.76. The molecule has 1 fully saturated rings. The largest absolute Gasteiger partial charge is 0.522 e. The molecule has 1 atom stereocenters. The molecule has 100 valence electrons. The first-order valence-corrected chi connectivity index (χ1v) is 5.50. The van der Waals surface area contributed by atoms with E-state index in [1.165, 1.54) is 0 Å². The van der Waals surface area contributed by atoms with Crippen molar-refractivity contribution >= 4 is 5.97 Å². The van der Waals surface area contributed by atoms with Crippen LogP contribution in [0.5, 0.6) is 0 Å². The lowest BCUT2D eigenvalue weighted by Crippen LogP contribution is -2.37. The highest BCUT2D eigenvalue weighted by Gasteiger charge is 2.36. The average Bonchev–Trinajstić information content (AvgIpc) is 2.15. The Balaban J connectivity index is 2.33. The quantitative estimate of drug-likeness (QED) is 0.804. The number of alkyl halides is 3. The summed E-state index contributed by atoms with van der Waals surface area (Å²) in [5, 5.41) is 8.57. The summed E-state index contributed by atoms with van der Waals surface area (Å²) in [5.74, 6) is -1.01. The highest BCUT2D eigenvalue weighted by molar-refractivity contribution is 5.67. The van der Waals surface area contributed by atoms with E-state index in [1.54, 1.807) is 0 Å². The van der Waals surface area contributed by atoms with Gasteiger partial charge in [0.15, 0.2) is 0 Å². The van der Waals surface area contributed by atoms with E-state index in [2.05, 4.69) is 4.74 Å².